The molecule has 1 fully saturated rings. The Kier molecular flexibility index (Phi) is 6.09. The Bertz CT molecular complexity index is 680. The summed E-state index contributed by atoms with van der Waals surface area (Å²) in [4.78, 5) is 21.0. The van der Waals surface area contributed by atoms with Crippen molar-refractivity contribution in [2.24, 2.45) is 0 Å². The lowest BCUT2D eigenvalue weighted by atomic mass is 10.1. The molecule has 1 saturated heterocycles. The zero-order valence-corrected chi connectivity index (χ0v) is 14.4. The first kappa shape index (κ1) is 17.5. The number of amides is 1. The van der Waals surface area contributed by atoms with Crippen molar-refractivity contribution in [1.29, 1.82) is 0 Å². The van der Waals surface area contributed by atoms with Crippen molar-refractivity contribution in [3.63, 3.8) is 0 Å². The molecule has 1 aromatic carbocycles. The molecule has 1 N–H and O–H groups in total. The van der Waals surface area contributed by atoms with E-state index >= 15 is 0 Å². The molecule has 1 amide bonds. The van der Waals surface area contributed by atoms with Crippen molar-refractivity contribution in [3.8, 4) is 0 Å². The van der Waals surface area contributed by atoms with Gasteiger partial charge in [0, 0.05) is 43.8 Å². The van der Waals surface area contributed by atoms with E-state index in [1.54, 1.807) is 31.6 Å². The Balaban J connectivity index is 1.53. The van der Waals surface area contributed by atoms with Gasteiger partial charge in [-0.2, -0.15) is 0 Å². The zero-order chi connectivity index (χ0) is 17.5. The first-order valence-electron chi connectivity index (χ1n) is 8.55. The molecule has 3 rings (SSSR count). The zero-order valence-electron chi connectivity index (χ0n) is 14.4. The molecule has 2 heterocycles. The Morgan fingerprint density at radius 3 is 2.60 bits per heavy atom. The van der Waals surface area contributed by atoms with Crippen molar-refractivity contribution in [2.45, 2.75) is 38.5 Å². The lowest BCUT2D eigenvalue weighted by molar-refractivity contribution is 0.00940. The lowest BCUT2D eigenvalue weighted by Crippen LogP contribution is -2.23. The smallest absolute Gasteiger partial charge is 0.251 e. The molecule has 6 heteroatoms. The second-order valence-corrected chi connectivity index (χ2v) is 6.12. The number of benzene rings is 1. The third kappa shape index (κ3) is 4.84. The predicted molar refractivity (Wildman–Crippen MR) is 92.9 cm³/mol. The minimum absolute atomic E-state index is 0.00278. The molecule has 25 heavy (non-hydrogen) atoms. The molecule has 0 radical (unpaired) electrons. The third-order valence-electron chi connectivity index (χ3n) is 4.17. The van der Waals surface area contributed by atoms with E-state index in [1.807, 2.05) is 12.1 Å². The van der Waals surface area contributed by atoms with Crippen LogP contribution in [0.3, 0.4) is 0 Å². The standard InChI is InChI=1S/C19H23N3O3/c1-24-13-14-5-7-16(8-6-14)19(23)22-12-15-10-20-18(21-11-15)17-4-2-3-9-25-17/h5-8,10-11,17H,2-4,9,12-13H2,1H3,(H,22,23)/t17-/m0/s1. The molecule has 6 nitrogen and oxygen atoms in total. The maximum Gasteiger partial charge on any atom is 0.251 e. The summed E-state index contributed by atoms with van der Waals surface area (Å²) in [5.74, 6) is 0.604. The normalized spacial score (nSPS) is 17.2. The third-order valence-corrected chi connectivity index (χ3v) is 4.17. The van der Waals surface area contributed by atoms with Crippen LogP contribution in [0.15, 0.2) is 36.7 Å². The summed E-state index contributed by atoms with van der Waals surface area (Å²) in [5, 5.41) is 2.88. The van der Waals surface area contributed by atoms with Gasteiger partial charge >= 0.3 is 0 Å². The SMILES string of the molecule is COCc1ccc(C(=O)NCc2cnc([C@@H]3CCCCO3)nc2)cc1. The maximum absolute atomic E-state index is 12.2. The van der Waals surface area contributed by atoms with Gasteiger partial charge in [-0.25, -0.2) is 9.97 Å². The molecule has 1 atom stereocenters. The molecule has 0 unspecified atom stereocenters. The summed E-state index contributed by atoms with van der Waals surface area (Å²) in [6, 6.07) is 7.37. The van der Waals surface area contributed by atoms with Gasteiger partial charge in [-0.3, -0.25) is 4.79 Å². The van der Waals surface area contributed by atoms with E-state index < -0.39 is 0 Å². The van der Waals surface area contributed by atoms with E-state index in [1.165, 1.54) is 0 Å². The summed E-state index contributed by atoms with van der Waals surface area (Å²) < 4.78 is 10.7. The summed E-state index contributed by atoms with van der Waals surface area (Å²) in [7, 11) is 1.65. The topological polar surface area (TPSA) is 73.3 Å². The molecule has 132 valence electrons. The fourth-order valence-electron chi connectivity index (χ4n) is 2.77. The summed E-state index contributed by atoms with van der Waals surface area (Å²) in [6.45, 7) is 1.70. The van der Waals surface area contributed by atoms with E-state index in [2.05, 4.69) is 15.3 Å². The van der Waals surface area contributed by atoms with Crippen molar-refractivity contribution in [1.82, 2.24) is 15.3 Å². The van der Waals surface area contributed by atoms with Crippen LogP contribution in [0.1, 0.15) is 52.7 Å². The number of methoxy groups -OCH3 is 1. The van der Waals surface area contributed by atoms with Gasteiger partial charge in [0.15, 0.2) is 5.82 Å². The average Bonchev–Trinajstić information content (AvgIpc) is 2.68. The largest absolute Gasteiger partial charge is 0.380 e. The minimum Gasteiger partial charge on any atom is -0.380 e. The van der Waals surface area contributed by atoms with Crippen molar-refractivity contribution >= 4 is 5.91 Å². The van der Waals surface area contributed by atoms with E-state index in [0.717, 1.165) is 42.8 Å². The average molecular weight is 341 g/mol. The Morgan fingerprint density at radius 1 is 1.20 bits per heavy atom. The van der Waals surface area contributed by atoms with Crippen molar-refractivity contribution < 1.29 is 14.3 Å². The molecule has 0 bridgehead atoms. The molecule has 2 aromatic rings. The highest BCUT2D eigenvalue weighted by Gasteiger charge is 2.18. The number of nitrogens with zero attached hydrogens (tertiary/aromatic N) is 2. The van der Waals surface area contributed by atoms with E-state index in [0.29, 0.717) is 18.7 Å². The van der Waals surface area contributed by atoms with Crippen LogP contribution >= 0.6 is 0 Å². The van der Waals surface area contributed by atoms with Crippen molar-refractivity contribution in [3.05, 3.63) is 59.2 Å². The van der Waals surface area contributed by atoms with Crippen LogP contribution in [0.2, 0.25) is 0 Å². The van der Waals surface area contributed by atoms with Crippen LogP contribution in [0.4, 0.5) is 0 Å². The van der Waals surface area contributed by atoms with Gasteiger partial charge in [-0.15, -0.1) is 0 Å². The summed E-state index contributed by atoms with van der Waals surface area (Å²) in [6.07, 6.45) is 6.73. The van der Waals surface area contributed by atoms with Crippen LogP contribution in [0.5, 0.6) is 0 Å². The highest BCUT2D eigenvalue weighted by Crippen LogP contribution is 2.24. The summed E-state index contributed by atoms with van der Waals surface area (Å²) >= 11 is 0. The van der Waals surface area contributed by atoms with E-state index in [4.69, 9.17) is 9.47 Å². The van der Waals surface area contributed by atoms with E-state index in [-0.39, 0.29) is 12.0 Å². The first-order chi connectivity index (χ1) is 12.3. The number of hydrogen-bond acceptors (Lipinski definition) is 5. The fourth-order valence-corrected chi connectivity index (χ4v) is 2.77. The number of nitrogens with one attached hydrogen (secondary N) is 1. The Labute approximate surface area is 147 Å². The highest BCUT2D eigenvalue weighted by molar-refractivity contribution is 5.94. The number of ether oxygens (including phenoxy) is 2. The van der Waals surface area contributed by atoms with Crippen LogP contribution in [-0.4, -0.2) is 29.6 Å². The van der Waals surface area contributed by atoms with Gasteiger partial charge in [0.05, 0.1) is 6.61 Å². The summed E-state index contributed by atoms with van der Waals surface area (Å²) in [5.41, 5.74) is 2.52. The minimum atomic E-state index is -0.122. The number of carbonyl (C=O) groups excluding carboxylic acids is 1. The van der Waals surface area contributed by atoms with Gasteiger partial charge in [0.1, 0.15) is 6.10 Å². The second kappa shape index (κ2) is 8.69. The Hall–Kier alpha value is -2.31. The van der Waals surface area contributed by atoms with Crippen LogP contribution in [0.25, 0.3) is 0 Å². The second-order valence-electron chi connectivity index (χ2n) is 6.12. The van der Waals surface area contributed by atoms with Gasteiger partial charge in [-0.1, -0.05) is 12.1 Å². The highest BCUT2D eigenvalue weighted by atomic mass is 16.5. The van der Waals surface area contributed by atoms with Gasteiger partial charge in [-0.05, 0) is 37.0 Å². The Morgan fingerprint density at radius 2 is 1.96 bits per heavy atom. The van der Waals surface area contributed by atoms with Gasteiger partial charge < -0.3 is 14.8 Å². The molecular weight excluding hydrogens is 318 g/mol. The maximum atomic E-state index is 12.2. The number of carbonyl (C=O) groups is 1. The van der Waals surface area contributed by atoms with Crippen LogP contribution in [-0.2, 0) is 22.6 Å². The van der Waals surface area contributed by atoms with Crippen molar-refractivity contribution in [2.75, 3.05) is 13.7 Å². The molecule has 1 aliphatic heterocycles. The molecule has 0 aliphatic carbocycles. The molecule has 1 aliphatic rings. The predicted octanol–water partition coefficient (Wildman–Crippen LogP) is 2.79. The molecule has 0 saturated carbocycles. The van der Waals surface area contributed by atoms with Crippen LogP contribution in [0, 0.1) is 0 Å². The quantitative estimate of drug-likeness (QED) is 0.874. The van der Waals surface area contributed by atoms with Crippen LogP contribution < -0.4 is 5.32 Å². The lowest BCUT2D eigenvalue weighted by Gasteiger charge is -2.21. The number of hydrogen-bond donors (Lipinski definition) is 1. The molecular formula is C19H23N3O3. The van der Waals surface area contributed by atoms with Gasteiger partial charge in [0.2, 0.25) is 0 Å². The fraction of sp³-hybridized carbons (Fsp3) is 0.421. The monoisotopic (exact) mass is 341 g/mol. The van der Waals surface area contributed by atoms with Gasteiger partial charge in [0.25, 0.3) is 5.91 Å². The number of aromatic nitrogens is 2. The molecule has 1 aromatic heterocycles. The molecule has 0 spiro atoms. The first-order valence-corrected chi connectivity index (χ1v) is 8.55. The van der Waals surface area contributed by atoms with E-state index in [9.17, 15) is 4.79 Å². The number of rotatable bonds is 6.